The lowest BCUT2D eigenvalue weighted by Crippen LogP contribution is -2.39. The predicted molar refractivity (Wildman–Crippen MR) is 166 cm³/mol. The molecule has 0 N–H and O–H groups in total. The Morgan fingerprint density at radius 1 is 1.13 bits per heavy atom. The molecule has 0 saturated carbocycles. The number of nitrogens with zero attached hydrogens (tertiary/aromatic N) is 2. The van der Waals surface area contributed by atoms with Gasteiger partial charge < -0.3 is 14.2 Å². The molecule has 0 bridgehead atoms. The molecule has 1 aliphatic heterocycles. The second-order valence-corrected chi connectivity index (χ2v) is 12.1. The van der Waals surface area contributed by atoms with E-state index in [1.165, 1.54) is 11.3 Å². The number of hydrogen-bond acceptors (Lipinski definition) is 7. The molecule has 1 aromatic heterocycles. The highest BCUT2D eigenvalue weighted by Crippen LogP contribution is 2.32. The van der Waals surface area contributed by atoms with Gasteiger partial charge in [-0.15, -0.1) is 0 Å². The summed E-state index contributed by atoms with van der Waals surface area (Å²) < 4.78 is 21.0. The third-order valence-corrected chi connectivity index (χ3v) is 8.28. The zero-order valence-corrected chi connectivity index (χ0v) is 26.8. The largest absolute Gasteiger partial charge is 0.492 e. The summed E-state index contributed by atoms with van der Waals surface area (Å²) in [6, 6.07) is 10.8. The molecule has 0 aliphatic carbocycles. The highest BCUT2D eigenvalue weighted by atomic mass is 127. The van der Waals surface area contributed by atoms with Crippen molar-refractivity contribution < 1.29 is 19.0 Å². The van der Waals surface area contributed by atoms with Crippen LogP contribution in [0.15, 0.2) is 57.5 Å². The smallest absolute Gasteiger partial charge is 0.338 e. The highest BCUT2D eigenvalue weighted by Gasteiger charge is 2.33. The fraction of sp³-hybridized carbons (Fsp3) is 0.321. The van der Waals surface area contributed by atoms with Crippen LogP contribution in [0.3, 0.4) is 0 Å². The molecule has 2 heterocycles. The van der Waals surface area contributed by atoms with E-state index in [4.69, 9.17) is 14.2 Å². The Labute approximate surface area is 252 Å². The normalized spacial score (nSPS) is 15.4. The number of carbonyl (C=O) groups is 1. The standard InChI is InChI=1S/C28H28I2N2O5S/c1-6-35-25-20(29)12-17(13-21(25)30)14-22-26(33)32-24(18-8-10-19(11-9-18)37-15(3)4)23(27(34)36-7-2)16(5)31-28(32)38-22/h8-15,24H,6-7H2,1-5H3/b22-14-/t24-/m0/s1. The zero-order valence-electron chi connectivity index (χ0n) is 21.7. The number of fused-ring (bicyclic) bond motifs is 1. The van der Waals surface area contributed by atoms with Crippen LogP contribution in [-0.4, -0.2) is 29.9 Å². The third kappa shape index (κ3) is 6.01. The first-order valence-corrected chi connectivity index (χ1v) is 15.2. The quantitative estimate of drug-likeness (QED) is 0.234. The van der Waals surface area contributed by atoms with E-state index in [1.54, 1.807) is 18.4 Å². The van der Waals surface area contributed by atoms with E-state index >= 15 is 0 Å². The van der Waals surface area contributed by atoms with Gasteiger partial charge in [0.15, 0.2) is 4.80 Å². The minimum absolute atomic E-state index is 0.0319. The summed E-state index contributed by atoms with van der Waals surface area (Å²) in [5.41, 5.74) is 2.34. The van der Waals surface area contributed by atoms with Crippen LogP contribution in [0.1, 0.15) is 51.8 Å². The van der Waals surface area contributed by atoms with E-state index in [0.717, 1.165) is 24.0 Å². The Morgan fingerprint density at radius 2 is 1.79 bits per heavy atom. The molecule has 0 radical (unpaired) electrons. The first kappa shape index (κ1) is 28.8. The average molecular weight is 758 g/mol. The van der Waals surface area contributed by atoms with Crippen LogP contribution in [0.25, 0.3) is 6.08 Å². The molecule has 1 aliphatic rings. The number of rotatable bonds is 8. The summed E-state index contributed by atoms with van der Waals surface area (Å²) in [7, 11) is 0. The fourth-order valence-electron chi connectivity index (χ4n) is 4.20. The summed E-state index contributed by atoms with van der Waals surface area (Å²) in [5.74, 6) is 1.08. The fourth-order valence-corrected chi connectivity index (χ4v) is 7.38. The van der Waals surface area contributed by atoms with Crippen LogP contribution < -0.4 is 24.4 Å². The second-order valence-electron chi connectivity index (χ2n) is 8.78. The van der Waals surface area contributed by atoms with Crippen LogP contribution in [0.5, 0.6) is 11.5 Å². The molecule has 1 atom stereocenters. The van der Waals surface area contributed by atoms with Crippen molar-refractivity contribution in [2.24, 2.45) is 4.99 Å². The van der Waals surface area contributed by atoms with E-state index in [9.17, 15) is 9.59 Å². The maximum absolute atomic E-state index is 13.8. The third-order valence-electron chi connectivity index (χ3n) is 5.69. The molecule has 4 rings (SSSR count). The molecule has 10 heteroatoms. The van der Waals surface area contributed by atoms with Crippen LogP contribution in [0.2, 0.25) is 0 Å². The van der Waals surface area contributed by atoms with Gasteiger partial charge in [0.2, 0.25) is 0 Å². The molecule has 0 saturated heterocycles. The number of halogens is 2. The van der Waals surface area contributed by atoms with Crippen LogP contribution in [0, 0.1) is 7.14 Å². The summed E-state index contributed by atoms with van der Waals surface area (Å²) in [5, 5.41) is 0. The molecular weight excluding hydrogens is 730 g/mol. The van der Waals surface area contributed by atoms with Crippen molar-refractivity contribution in [3.8, 4) is 11.5 Å². The van der Waals surface area contributed by atoms with Gasteiger partial charge in [0.05, 0.1) is 48.3 Å². The van der Waals surface area contributed by atoms with Crippen molar-refractivity contribution >= 4 is 68.6 Å². The number of aromatic nitrogens is 1. The Kier molecular flexibility index (Phi) is 9.35. The topological polar surface area (TPSA) is 79.1 Å². The van der Waals surface area contributed by atoms with E-state index in [1.807, 2.05) is 63.2 Å². The van der Waals surface area contributed by atoms with Gasteiger partial charge >= 0.3 is 5.97 Å². The van der Waals surface area contributed by atoms with Crippen molar-refractivity contribution in [1.82, 2.24) is 4.57 Å². The van der Waals surface area contributed by atoms with Gasteiger partial charge in [-0.3, -0.25) is 9.36 Å². The molecular formula is C28H28I2N2O5S. The van der Waals surface area contributed by atoms with E-state index < -0.39 is 12.0 Å². The Bertz CT molecular complexity index is 1550. The number of hydrogen-bond donors (Lipinski definition) is 0. The first-order chi connectivity index (χ1) is 18.1. The molecule has 2 aromatic carbocycles. The van der Waals surface area contributed by atoms with Crippen molar-refractivity contribution in [2.75, 3.05) is 13.2 Å². The SMILES string of the molecule is CCOC(=O)C1=C(C)N=c2s/c(=C\c3cc(I)c(OCC)c(I)c3)c(=O)n2[C@H]1c1ccc(OC(C)C)cc1. The first-order valence-electron chi connectivity index (χ1n) is 12.2. The van der Waals surface area contributed by atoms with Crippen LogP contribution >= 0.6 is 56.5 Å². The summed E-state index contributed by atoms with van der Waals surface area (Å²) in [4.78, 5) is 32.1. The summed E-state index contributed by atoms with van der Waals surface area (Å²) >= 11 is 5.80. The summed E-state index contributed by atoms with van der Waals surface area (Å²) in [6.45, 7) is 10.2. The van der Waals surface area contributed by atoms with Gasteiger partial charge in [0, 0.05) is 0 Å². The maximum Gasteiger partial charge on any atom is 0.338 e. The summed E-state index contributed by atoms with van der Waals surface area (Å²) in [6.07, 6.45) is 1.90. The highest BCUT2D eigenvalue weighted by molar-refractivity contribution is 14.1. The lowest BCUT2D eigenvalue weighted by atomic mass is 9.96. The average Bonchev–Trinajstić information content (AvgIpc) is 3.15. The van der Waals surface area contributed by atoms with Crippen molar-refractivity contribution in [3.05, 3.63) is 85.6 Å². The molecule has 3 aromatic rings. The number of benzene rings is 2. The number of allylic oxidation sites excluding steroid dienone is 1. The molecule has 0 fully saturated rings. The van der Waals surface area contributed by atoms with Gasteiger partial charge in [0.25, 0.3) is 5.56 Å². The molecule has 38 heavy (non-hydrogen) atoms. The lowest BCUT2D eigenvalue weighted by molar-refractivity contribution is -0.139. The van der Waals surface area contributed by atoms with Crippen molar-refractivity contribution in [1.29, 1.82) is 0 Å². The van der Waals surface area contributed by atoms with E-state index in [2.05, 4.69) is 50.2 Å². The minimum Gasteiger partial charge on any atom is -0.492 e. The number of ether oxygens (including phenoxy) is 3. The minimum atomic E-state index is -0.666. The van der Waals surface area contributed by atoms with Gasteiger partial charge in [-0.05, 0) is 121 Å². The lowest BCUT2D eigenvalue weighted by Gasteiger charge is -2.25. The van der Waals surface area contributed by atoms with Crippen LogP contribution in [0.4, 0.5) is 0 Å². The maximum atomic E-state index is 13.8. The Balaban J connectivity index is 1.88. The predicted octanol–water partition coefficient (Wildman–Crippen LogP) is 5.19. The van der Waals surface area contributed by atoms with E-state index in [0.29, 0.717) is 33.0 Å². The van der Waals surface area contributed by atoms with Crippen molar-refractivity contribution in [2.45, 2.75) is 46.8 Å². The Morgan fingerprint density at radius 3 is 2.37 bits per heavy atom. The molecule has 7 nitrogen and oxygen atoms in total. The second kappa shape index (κ2) is 12.3. The molecule has 0 spiro atoms. The molecule has 0 unspecified atom stereocenters. The van der Waals surface area contributed by atoms with Gasteiger partial charge in [-0.25, -0.2) is 9.79 Å². The number of esters is 1. The van der Waals surface area contributed by atoms with Gasteiger partial charge in [-0.2, -0.15) is 0 Å². The zero-order chi connectivity index (χ0) is 27.6. The molecule has 0 amide bonds. The van der Waals surface area contributed by atoms with Gasteiger partial charge in [-0.1, -0.05) is 23.5 Å². The van der Waals surface area contributed by atoms with E-state index in [-0.39, 0.29) is 18.3 Å². The number of thiazole rings is 1. The number of carbonyl (C=O) groups excluding carboxylic acids is 1. The Hall–Kier alpha value is -2.19. The monoisotopic (exact) mass is 758 g/mol. The van der Waals surface area contributed by atoms with Gasteiger partial charge in [0.1, 0.15) is 11.5 Å². The van der Waals surface area contributed by atoms with Crippen LogP contribution in [-0.2, 0) is 9.53 Å². The van der Waals surface area contributed by atoms with Crippen molar-refractivity contribution in [3.63, 3.8) is 0 Å². The molecule has 200 valence electrons.